The molecule has 2 aromatic rings. The Bertz CT molecular complexity index is 825. The first-order valence-electron chi connectivity index (χ1n) is 7.47. The molecule has 4 N–H and O–H groups in total. The van der Waals surface area contributed by atoms with Gasteiger partial charge in [-0.3, -0.25) is 14.5 Å². The van der Waals surface area contributed by atoms with Gasteiger partial charge in [-0.1, -0.05) is 12.1 Å². The van der Waals surface area contributed by atoms with Gasteiger partial charge in [-0.2, -0.15) is 0 Å². The molecule has 24 heavy (non-hydrogen) atoms. The summed E-state index contributed by atoms with van der Waals surface area (Å²) in [6.07, 6.45) is 1.83. The first-order valence-corrected chi connectivity index (χ1v) is 7.47. The highest BCUT2D eigenvalue weighted by Crippen LogP contribution is 2.27. The van der Waals surface area contributed by atoms with Crippen molar-refractivity contribution in [2.24, 2.45) is 10.7 Å². The highest BCUT2D eigenvalue weighted by Gasteiger charge is 2.25. The highest BCUT2D eigenvalue weighted by atomic mass is 16.2. The van der Waals surface area contributed by atoms with E-state index in [4.69, 9.17) is 5.73 Å². The minimum Gasteiger partial charge on any atom is -0.369 e. The fraction of sp³-hybridized carbons (Fsp3) is 0.250. The number of amides is 2. The number of nitrogens with two attached hydrogens (primary N) is 1. The zero-order valence-electron chi connectivity index (χ0n) is 13.4. The Balaban J connectivity index is 1.80. The average Bonchev–Trinajstić information content (AvgIpc) is 2.99. The number of aromatic amines is 1. The van der Waals surface area contributed by atoms with E-state index in [0.717, 1.165) is 11.3 Å². The molecule has 0 fully saturated rings. The maximum Gasteiger partial charge on any atom is 0.291 e. The molecule has 1 aliphatic heterocycles. The molecule has 0 spiro atoms. The zero-order valence-corrected chi connectivity index (χ0v) is 13.4. The Morgan fingerprint density at radius 2 is 2.25 bits per heavy atom. The summed E-state index contributed by atoms with van der Waals surface area (Å²) in [6, 6.07) is 6.85. The van der Waals surface area contributed by atoms with Crippen LogP contribution in [0.1, 0.15) is 34.3 Å². The van der Waals surface area contributed by atoms with Gasteiger partial charge >= 0.3 is 0 Å². The molecular weight excluding hydrogens is 308 g/mol. The fourth-order valence-corrected chi connectivity index (χ4v) is 2.46. The number of H-pyrrole nitrogens is 1. The van der Waals surface area contributed by atoms with Gasteiger partial charge in [0.25, 0.3) is 5.91 Å². The molecule has 1 aromatic carbocycles. The number of imidazole rings is 1. The topological polar surface area (TPSA) is 116 Å². The molecule has 2 heterocycles. The number of aliphatic imine (C=N–C) groups is 1. The Kier molecular flexibility index (Phi) is 4.03. The van der Waals surface area contributed by atoms with Crippen LogP contribution in [0.25, 0.3) is 0 Å². The largest absolute Gasteiger partial charge is 0.369 e. The highest BCUT2D eigenvalue weighted by molar-refractivity contribution is 6.01. The molecule has 0 aliphatic carbocycles. The molecule has 0 saturated carbocycles. The van der Waals surface area contributed by atoms with E-state index >= 15 is 0 Å². The summed E-state index contributed by atoms with van der Waals surface area (Å²) >= 11 is 0. The lowest BCUT2D eigenvalue weighted by Gasteiger charge is -2.25. The minimum absolute atomic E-state index is 0.0898. The molecule has 2 amide bonds. The maximum atomic E-state index is 12.1. The number of guanidine groups is 1. The molecule has 0 saturated heterocycles. The molecule has 1 aromatic heterocycles. The number of nitrogens with zero attached hydrogens (tertiary/aromatic N) is 3. The van der Waals surface area contributed by atoms with Gasteiger partial charge in [-0.15, -0.1) is 0 Å². The number of benzene rings is 1. The van der Waals surface area contributed by atoms with Crippen molar-refractivity contribution in [2.45, 2.75) is 19.4 Å². The third-order valence-electron chi connectivity index (χ3n) is 3.82. The first-order chi connectivity index (χ1) is 11.4. The summed E-state index contributed by atoms with van der Waals surface area (Å²) in [6.45, 7) is 1.82. The number of aryl methyl sites for hydroxylation is 1. The van der Waals surface area contributed by atoms with E-state index in [1.54, 1.807) is 31.4 Å². The van der Waals surface area contributed by atoms with Gasteiger partial charge in [-0.25, -0.2) is 9.98 Å². The minimum atomic E-state index is -0.351. The quantitative estimate of drug-likeness (QED) is 0.785. The van der Waals surface area contributed by atoms with Crippen LogP contribution in [0.4, 0.5) is 5.69 Å². The fourth-order valence-electron chi connectivity index (χ4n) is 2.46. The van der Waals surface area contributed by atoms with E-state index in [0.29, 0.717) is 5.69 Å². The molecular formula is C16H18N6O2. The van der Waals surface area contributed by atoms with Gasteiger partial charge < -0.3 is 16.0 Å². The van der Waals surface area contributed by atoms with Crippen molar-refractivity contribution in [2.75, 3.05) is 12.4 Å². The molecule has 1 atom stereocenters. The summed E-state index contributed by atoms with van der Waals surface area (Å²) in [5, 5.41) is 2.77. The number of carbonyl (C=O) groups is 2. The van der Waals surface area contributed by atoms with Gasteiger partial charge in [-0.05, 0) is 24.6 Å². The molecule has 8 heteroatoms. The number of anilines is 1. The monoisotopic (exact) mass is 326 g/mol. The van der Waals surface area contributed by atoms with Crippen LogP contribution >= 0.6 is 0 Å². The van der Waals surface area contributed by atoms with Crippen molar-refractivity contribution in [1.82, 2.24) is 14.9 Å². The van der Waals surface area contributed by atoms with Crippen LogP contribution in [-0.4, -0.2) is 39.7 Å². The van der Waals surface area contributed by atoms with Crippen molar-refractivity contribution in [1.29, 1.82) is 0 Å². The van der Waals surface area contributed by atoms with E-state index in [1.165, 1.54) is 4.90 Å². The van der Waals surface area contributed by atoms with Gasteiger partial charge in [0.1, 0.15) is 0 Å². The Hall–Kier alpha value is -3.16. The summed E-state index contributed by atoms with van der Waals surface area (Å²) in [5.41, 5.74) is 7.99. The lowest BCUT2D eigenvalue weighted by atomic mass is 10.0. The third kappa shape index (κ3) is 3.12. The van der Waals surface area contributed by atoms with E-state index in [1.807, 2.05) is 13.0 Å². The third-order valence-corrected chi connectivity index (χ3v) is 3.82. The Morgan fingerprint density at radius 1 is 1.46 bits per heavy atom. The van der Waals surface area contributed by atoms with Crippen LogP contribution in [0, 0.1) is 6.92 Å². The van der Waals surface area contributed by atoms with E-state index in [2.05, 4.69) is 20.3 Å². The van der Waals surface area contributed by atoms with Crippen molar-refractivity contribution in [3.8, 4) is 0 Å². The van der Waals surface area contributed by atoms with Crippen molar-refractivity contribution < 1.29 is 9.59 Å². The smallest absolute Gasteiger partial charge is 0.291 e. The average molecular weight is 326 g/mol. The number of hydrogen-bond donors (Lipinski definition) is 3. The van der Waals surface area contributed by atoms with Gasteiger partial charge in [0, 0.05) is 24.6 Å². The predicted molar refractivity (Wildman–Crippen MR) is 89.5 cm³/mol. The Labute approximate surface area is 138 Å². The van der Waals surface area contributed by atoms with Gasteiger partial charge in [0.2, 0.25) is 5.91 Å². The standard InChI is InChI=1S/C16H18N6O2/c1-9-8-18-14(19-9)15(24)20-11-5-3-4-10(6-11)12-7-13(23)22(2)16(17)21-12/h3-6,8,12H,7H2,1-2H3,(H2,17,21)(H,18,19)(H,20,24). The lowest BCUT2D eigenvalue weighted by Crippen LogP contribution is -2.42. The van der Waals surface area contributed by atoms with Gasteiger partial charge in [0.15, 0.2) is 11.8 Å². The number of nitrogens with one attached hydrogen (secondary N) is 2. The van der Waals surface area contributed by atoms with Crippen LogP contribution in [0.15, 0.2) is 35.5 Å². The predicted octanol–water partition coefficient (Wildman–Crippen LogP) is 1.19. The van der Waals surface area contributed by atoms with Crippen molar-refractivity contribution in [3.63, 3.8) is 0 Å². The SMILES string of the molecule is Cc1cnc(C(=O)Nc2cccc(C3CC(=O)N(C)C(N)=N3)c2)[nH]1. The van der Waals surface area contributed by atoms with Crippen LogP contribution in [0.3, 0.4) is 0 Å². The molecule has 124 valence electrons. The van der Waals surface area contributed by atoms with Crippen LogP contribution in [0.2, 0.25) is 0 Å². The number of hydrogen-bond acceptors (Lipinski definition) is 5. The molecule has 1 unspecified atom stereocenters. The normalized spacial score (nSPS) is 17.6. The molecule has 1 aliphatic rings. The maximum absolute atomic E-state index is 12.1. The van der Waals surface area contributed by atoms with E-state index in [-0.39, 0.29) is 36.1 Å². The van der Waals surface area contributed by atoms with Crippen molar-refractivity contribution in [3.05, 3.63) is 47.5 Å². The number of aromatic nitrogens is 2. The molecule has 0 radical (unpaired) electrons. The van der Waals surface area contributed by atoms with Gasteiger partial charge in [0.05, 0.1) is 12.5 Å². The zero-order chi connectivity index (χ0) is 17.3. The Morgan fingerprint density at radius 3 is 2.92 bits per heavy atom. The van der Waals surface area contributed by atoms with Crippen molar-refractivity contribution >= 4 is 23.5 Å². The second-order valence-corrected chi connectivity index (χ2v) is 5.65. The molecule has 8 nitrogen and oxygen atoms in total. The van der Waals surface area contributed by atoms with E-state index in [9.17, 15) is 9.59 Å². The van der Waals surface area contributed by atoms with Crippen LogP contribution in [0.5, 0.6) is 0 Å². The number of rotatable bonds is 3. The lowest BCUT2D eigenvalue weighted by molar-refractivity contribution is -0.127. The second kappa shape index (κ2) is 6.15. The summed E-state index contributed by atoms with van der Waals surface area (Å²) in [5.74, 6) is 0.0158. The summed E-state index contributed by atoms with van der Waals surface area (Å²) < 4.78 is 0. The summed E-state index contributed by atoms with van der Waals surface area (Å²) in [4.78, 5) is 36.6. The van der Waals surface area contributed by atoms with E-state index < -0.39 is 0 Å². The number of carbonyl (C=O) groups excluding carboxylic acids is 2. The second-order valence-electron chi connectivity index (χ2n) is 5.65. The van der Waals surface area contributed by atoms with Crippen LogP contribution < -0.4 is 11.1 Å². The molecule has 3 rings (SSSR count). The molecule has 0 bridgehead atoms. The summed E-state index contributed by atoms with van der Waals surface area (Å²) in [7, 11) is 1.60. The van der Waals surface area contributed by atoms with Crippen LogP contribution in [-0.2, 0) is 4.79 Å². The first kappa shape index (κ1) is 15.7.